The van der Waals surface area contributed by atoms with Crippen molar-refractivity contribution < 1.29 is 8.78 Å². The van der Waals surface area contributed by atoms with E-state index >= 15 is 0 Å². The van der Waals surface area contributed by atoms with E-state index in [1.165, 1.54) is 6.07 Å². The van der Waals surface area contributed by atoms with Crippen LogP contribution in [-0.2, 0) is 6.54 Å². The van der Waals surface area contributed by atoms with Gasteiger partial charge in [0.25, 0.3) is 0 Å². The van der Waals surface area contributed by atoms with Crippen molar-refractivity contribution in [1.29, 1.82) is 0 Å². The molecule has 0 fully saturated rings. The zero-order valence-electron chi connectivity index (χ0n) is 10.2. The van der Waals surface area contributed by atoms with Gasteiger partial charge in [-0.2, -0.15) is 0 Å². The van der Waals surface area contributed by atoms with Gasteiger partial charge in [-0.1, -0.05) is 37.3 Å². The molecule has 0 amide bonds. The molecule has 0 radical (unpaired) electrons. The highest BCUT2D eigenvalue weighted by Gasteiger charge is 2.09. The van der Waals surface area contributed by atoms with Crippen LogP contribution >= 0.6 is 0 Å². The Labute approximate surface area is 105 Å². The van der Waals surface area contributed by atoms with Gasteiger partial charge in [-0.05, 0) is 29.8 Å². The third kappa shape index (κ3) is 2.74. The first-order valence-electron chi connectivity index (χ1n) is 5.96. The van der Waals surface area contributed by atoms with Gasteiger partial charge in [0.15, 0.2) is 11.6 Å². The highest BCUT2D eigenvalue weighted by atomic mass is 19.2. The minimum absolute atomic E-state index is 0.299. The van der Waals surface area contributed by atoms with Gasteiger partial charge in [0, 0.05) is 12.1 Å². The predicted molar refractivity (Wildman–Crippen MR) is 69.2 cm³/mol. The van der Waals surface area contributed by atoms with Crippen LogP contribution in [0, 0.1) is 11.6 Å². The van der Waals surface area contributed by atoms with Crippen LogP contribution in [0.2, 0.25) is 0 Å². The van der Waals surface area contributed by atoms with Gasteiger partial charge in [-0.3, -0.25) is 0 Å². The summed E-state index contributed by atoms with van der Waals surface area (Å²) in [5.74, 6) is -1.61. The summed E-state index contributed by atoms with van der Waals surface area (Å²) in [4.78, 5) is 0. The average molecular weight is 247 g/mol. The van der Waals surface area contributed by atoms with Crippen LogP contribution in [0.1, 0.15) is 12.5 Å². The number of hydrogen-bond acceptors (Lipinski definition) is 1. The molecule has 0 aliphatic rings. The van der Waals surface area contributed by atoms with E-state index in [1.807, 2.05) is 25.1 Å². The van der Waals surface area contributed by atoms with E-state index in [9.17, 15) is 8.78 Å². The lowest BCUT2D eigenvalue weighted by Crippen LogP contribution is -2.11. The SMILES string of the molecule is CCNCc1cccc(-c2cccc(F)c2F)c1. The smallest absolute Gasteiger partial charge is 0.166 e. The highest BCUT2D eigenvalue weighted by Crippen LogP contribution is 2.25. The lowest BCUT2D eigenvalue weighted by Gasteiger charge is -2.07. The predicted octanol–water partition coefficient (Wildman–Crippen LogP) is 3.74. The van der Waals surface area contributed by atoms with Crippen LogP contribution in [0.4, 0.5) is 8.78 Å². The maximum absolute atomic E-state index is 13.7. The largest absolute Gasteiger partial charge is 0.313 e. The van der Waals surface area contributed by atoms with Crippen molar-refractivity contribution in [1.82, 2.24) is 5.32 Å². The summed E-state index contributed by atoms with van der Waals surface area (Å²) in [6, 6.07) is 11.7. The normalized spacial score (nSPS) is 10.6. The van der Waals surface area contributed by atoms with Crippen molar-refractivity contribution in [3.63, 3.8) is 0 Å². The third-order valence-electron chi connectivity index (χ3n) is 2.77. The third-order valence-corrected chi connectivity index (χ3v) is 2.77. The molecule has 0 aliphatic carbocycles. The summed E-state index contributed by atoms with van der Waals surface area (Å²) in [7, 11) is 0. The van der Waals surface area contributed by atoms with E-state index in [2.05, 4.69) is 5.32 Å². The second-order valence-electron chi connectivity index (χ2n) is 4.08. The second-order valence-corrected chi connectivity index (χ2v) is 4.08. The first-order chi connectivity index (χ1) is 8.72. The Hall–Kier alpha value is -1.74. The number of rotatable bonds is 4. The highest BCUT2D eigenvalue weighted by molar-refractivity contribution is 5.64. The molecule has 3 heteroatoms. The number of hydrogen-bond donors (Lipinski definition) is 1. The Bertz CT molecular complexity index is 538. The summed E-state index contributed by atoms with van der Waals surface area (Å²) in [5.41, 5.74) is 2.05. The lowest BCUT2D eigenvalue weighted by atomic mass is 10.0. The fraction of sp³-hybridized carbons (Fsp3) is 0.200. The van der Waals surface area contributed by atoms with Gasteiger partial charge in [0.1, 0.15) is 0 Å². The molecule has 18 heavy (non-hydrogen) atoms. The zero-order valence-corrected chi connectivity index (χ0v) is 10.2. The molecule has 2 aromatic rings. The average Bonchev–Trinajstić information content (AvgIpc) is 2.40. The minimum Gasteiger partial charge on any atom is -0.313 e. The van der Waals surface area contributed by atoms with Gasteiger partial charge in [0.05, 0.1) is 0 Å². The van der Waals surface area contributed by atoms with Gasteiger partial charge in [0.2, 0.25) is 0 Å². The topological polar surface area (TPSA) is 12.0 Å². The van der Waals surface area contributed by atoms with E-state index < -0.39 is 11.6 Å². The molecule has 1 N–H and O–H groups in total. The molecule has 94 valence electrons. The minimum atomic E-state index is -0.815. The first-order valence-corrected chi connectivity index (χ1v) is 5.96. The van der Waals surface area contributed by atoms with Crippen molar-refractivity contribution >= 4 is 0 Å². The summed E-state index contributed by atoms with van der Waals surface area (Å²) < 4.78 is 26.9. The molecular formula is C15H15F2N. The van der Waals surface area contributed by atoms with Crippen molar-refractivity contribution in [2.24, 2.45) is 0 Å². The summed E-state index contributed by atoms with van der Waals surface area (Å²) in [5, 5.41) is 3.20. The fourth-order valence-corrected chi connectivity index (χ4v) is 1.84. The van der Waals surface area contributed by atoms with Crippen LogP contribution < -0.4 is 5.32 Å². The van der Waals surface area contributed by atoms with Crippen LogP contribution in [0.3, 0.4) is 0 Å². The molecule has 0 spiro atoms. The van der Waals surface area contributed by atoms with Gasteiger partial charge < -0.3 is 5.32 Å². The molecule has 0 bridgehead atoms. The molecule has 2 aromatic carbocycles. The zero-order chi connectivity index (χ0) is 13.0. The maximum Gasteiger partial charge on any atom is 0.166 e. The van der Waals surface area contributed by atoms with Gasteiger partial charge >= 0.3 is 0 Å². The standard InChI is InChI=1S/C15H15F2N/c1-2-18-10-11-5-3-6-12(9-11)13-7-4-8-14(16)15(13)17/h3-9,18H,2,10H2,1H3. The number of nitrogens with one attached hydrogen (secondary N) is 1. The quantitative estimate of drug-likeness (QED) is 0.867. The Kier molecular flexibility index (Phi) is 4.05. The molecule has 0 unspecified atom stereocenters. The van der Waals surface area contributed by atoms with E-state index in [-0.39, 0.29) is 0 Å². The number of halogens is 2. The molecule has 0 aromatic heterocycles. The summed E-state index contributed by atoms with van der Waals surface area (Å²) in [6.45, 7) is 3.62. The maximum atomic E-state index is 13.7. The summed E-state index contributed by atoms with van der Waals surface area (Å²) >= 11 is 0. The first kappa shape index (κ1) is 12.7. The van der Waals surface area contributed by atoms with Gasteiger partial charge in [-0.25, -0.2) is 8.78 Å². The molecule has 2 rings (SSSR count). The fourth-order valence-electron chi connectivity index (χ4n) is 1.84. The molecule has 0 aliphatic heterocycles. The van der Waals surface area contributed by atoms with E-state index in [0.717, 1.165) is 24.7 Å². The van der Waals surface area contributed by atoms with Crippen molar-refractivity contribution in [3.8, 4) is 11.1 Å². The second kappa shape index (κ2) is 5.74. The van der Waals surface area contributed by atoms with E-state index in [4.69, 9.17) is 0 Å². The Morgan fingerprint density at radius 3 is 2.61 bits per heavy atom. The van der Waals surface area contributed by atoms with Crippen molar-refractivity contribution in [2.75, 3.05) is 6.54 Å². The van der Waals surface area contributed by atoms with E-state index in [0.29, 0.717) is 11.1 Å². The van der Waals surface area contributed by atoms with Crippen LogP contribution in [0.15, 0.2) is 42.5 Å². The molecular weight excluding hydrogens is 232 g/mol. The van der Waals surface area contributed by atoms with Crippen LogP contribution in [-0.4, -0.2) is 6.54 Å². The Balaban J connectivity index is 2.35. The van der Waals surface area contributed by atoms with Crippen molar-refractivity contribution in [3.05, 3.63) is 59.7 Å². The molecule has 0 atom stereocenters. The Morgan fingerprint density at radius 2 is 1.83 bits per heavy atom. The van der Waals surface area contributed by atoms with Crippen molar-refractivity contribution in [2.45, 2.75) is 13.5 Å². The molecule has 0 saturated carbocycles. The van der Waals surface area contributed by atoms with Gasteiger partial charge in [-0.15, -0.1) is 0 Å². The lowest BCUT2D eigenvalue weighted by molar-refractivity contribution is 0.511. The van der Waals surface area contributed by atoms with Crippen LogP contribution in [0.5, 0.6) is 0 Å². The number of benzene rings is 2. The van der Waals surface area contributed by atoms with Crippen LogP contribution in [0.25, 0.3) is 11.1 Å². The molecule has 0 saturated heterocycles. The molecule has 0 heterocycles. The van der Waals surface area contributed by atoms with E-state index in [1.54, 1.807) is 12.1 Å². The monoisotopic (exact) mass is 247 g/mol. The Morgan fingerprint density at radius 1 is 1.06 bits per heavy atom. The molecule has 1 nitrogen and oxygen atoms in total. The summed E-state index contributed by atoms with van der Waals surface area (Å²) in [6.07, 6.45) is 0.